The Bertz CT molecular complexity index is 650. The van der Waals surface area contributed by atoms with Gasteiger partial charge in [0.2, 0.25) is 5.91 Å². The SMILES string of the molecule is O=C(O)C=Cc1cccc(NC(=O)CCn2cncn2)c1. The van der Waals surface area contributed by atoms with E-state index in [2.05, 4.69) is 15.4 Å². The highest BCUT2D eigenvalue weighted by atomic mass is 16.4. The van der Waals surface area contributed by atoms with Crippen LogP contribution in [0.1, 0.15) is 12.0 Å². The number of aromatic nitrogens is 3. The number of carbonyl (C=O) groups excluding carboxylic acids is 1. The molecule has 0 fully saturated rings. The van der Waals surface area contributed by atoms with E-state index in [9.17, 15) is 9.59 Å². The Morgan fingerprint density at radius 1 is 1.38 bits per heavy atom. The van der Waals surface area contributed by atoms with E-state index in [0.29, 0.717) is 17.8 Å². The summed E-state index contributed by atoms with van der Waals surface area (Å²) in [5.41, 5.74) is 1.32. The van der Waals surface area contributed by atoms with Gasteiger partial charge in [-0.15, -0.1) is 0 Å². The number of nitrogens with one attached hydrogen (secondary N) is 1. The highest BCUT2D eigenvalue weighted by Crippen LogP contribution is 2.12. The molecule has 0 spiro atoms. The number of benzene rings is 1. The van der Waals surface area contributed by atoms with E-state index in [0.717, 1.165) is 6.08 Å². The van der Waals surface area contributed by atoms with Crippen LogP contribution in [0.2, 0.25) is 0 Å². The molecule has 0 saturated carbocycles. The van der Waals surface area contributed by atoms with Crippen molar-refractivity contribution in [2.75, 3.05) is 5.32 Å². The Morgan fingerprint density at radius 2 is 2.24 bits per heavy atom. The Kier molecular flexibility index (Phi) is 4.81. The summed E-state index contributed by atoms with van der Waals surface area (Å²) in [4.78, 5) is 26.1. The fourth-order valence-corrected chi connectivity index (χ4v) is 1.68. The topological polar surface area (TPSA) is 97.1 Å². The van der Waals surface area contributed by atoms with Gasteiger partial charge in [-0.05, 0) is 23.8 Å². The Labute approximate surface area is 120 Å². The molecule has 2 rings (SSSR count). The minimum Gasteiger partial charge on any atom is -0.478 e. The number of carboxylic acids is 1. The van der Waals surface area contributed by atoms with E-state index in [1.54, 1.807) is 35.3 Å². The summed E-state index contributed by atoms with van der Waals surface area (Å²) >= 11 is 0. The number of hydrogen-bond acceptors (Lipinski definition) is 4. The maximum absolute atomic E-state index is 11.8. The second kappa shape index (κ2) is 6.99. The number of carboxylic acid groups (broad SMARTS) is 1. The van der Waals surface area contributed by atoms with Crippen molar-refractivity contribution in [2.45, 2.75) is 13.0 Å². The average molecular weight is 286 g/mol. The van der Waals surface area contributed by atoms with E-state index in [-0.39, 0.29) is 12.3 Å². The average Bonchev–Trinajstić information content (AvgIpc) is 2.97. The highest BCUT2D eigenvalue weighted by molar-refractivity contribution is 5.91. The van der Waals surface area contributed by atoms with Crippen LogP contribution in [0.5, 0.6) is 0 Å². The summed E-state index contributed by atoms with van der Waals surface area (Å²) in [7, 11) is 0. The molecule has 0 aliphatic rings. The summed E-state index contributed by atoms with van der Waals surface area (Å²) in [6.07, 6.45) is 5.75. The van der Waals surface area contributed by atoms with E-state index >= 15 is 0 Å². The Balaban J connectivity index is 1.91. The van der Waals surface area contributed by atoms with Gasteiger partial charge in [0.05, 0.1) is 6.54 Å². The zero-order valence-corrected chi connectivity index (χ0v) is 11.1. The quantitative estimate of drug-likeness (QED) is 0.782. The summed E-state index contributed by atoms with van der Waals surface area (Å²) in [5, 5.41) is 15.2. The lowest BCUT2D eigenvalue weighted by molar-refractivity contribution is -0.131. The standard InChI is InChI=1S/C14H14N4O3/c19-13(6-7-18-10-15-9-16-18)17-12-3-1-2-11(8-12)4-5-14(20)21/h1-5,8-10H,6-7H2,(H,17,19)(H,20,21). The lowest BCUT2D eigenvalue weighted by Gasteiger charge is -2.06. The first-order chi connectivity index (χ1) is 10.1. The van der Waals surface area contributed by atoms with Gasteiger partial charge in [0.15, 0.2) is 0 Å². The number of carbonyl (C=O) groups is 2. The second-order valence-corrected chi connectivity index (χ2v) is 4.25. The highest BCUT2D eigenvalue weighted by Gasteiger charge is 2.03. The molecule has 7 nitrogen and oxygen atoms in total. The van der Waals surface area contributed by atoms with Gasteiger partial charge in [-0.1, -0.05) is 12.1 Å². The van der Waals surface area contributed by atoms with Crippen LogP contribution < -0.4 is 5.32 Å². The predicted molar refractivity (Wildman–Crippen MR) is 76.4 cm³/mol. The number of aliphatic carboxylic acids is 1. The van der Waals surface area contributed by atoms with Gasteiger partial charge in [0, 0.05) is 18.2 Å². The van der Waals surface area contributed by atoms with E-state index in [1.165, 1.54) is 12.4 Å². The van der Waals surface area contributed by atoms with Gasteiger partial charge in [-0.25, -0.2) is 9.78 Å². The molecule has 0 aliphatic carbocycles. The van der Waals surface area contributed by atoms with Crippen molar-refractivity contribution in [2.24, 2.45) is 0 Å². The van der Waals surface area contributed by atoms with Crippen LogP contribution in [0.3, 0.4) is 0 Å². The van der Waals surface area contributed by atoms with Crippen LogP contribution in [-0.4, -0.2) is 31.7 Å². The third-order valence-electron chi connectivity index (χ3n) is 2.62. The van der Waals surface area contributed by atoms with Crippen molar-refractivity contribution in [1.82, 2.24) is 14.8 Å². The van der Waals surface area contributed by atoms with E-state index < -0.39 is 5.97 Å². The third-order valence-corrected chi connectivity index (χ3v) is 2.62. The third kappa shape index (κ3) is 4.90. The largest absolute Gasteiger partial charge is 0.478 e. The minimum absolute atomic E-state index is 0.148. The van der Waals surface area contributed by atoms with Crippen LogP contribution in [-0.2, 0) is 16.1 Å². The normalized spacial score (nSPS) is 10.7. The van der Waals surface area contributed by atoms with Crippen molar-refractivity contribution in [1.29, 1.82) is 0 Å². The van der Waals surface area contributed by atoms with Crippen molar-refractivity contribution >= 4 is 23.6 Å². The number of rotatable bonds is 6. The molecular weight excluding hydrogens is 272 g/mol. The Morgan fingerprint density at radius 3 is 2.95 bits per heavy atom. The summed E-state index contributed by atoms with van der Waals surface area (Å²) < 4.78 is 1.58. The van der Waals surface area contributed by atoms with Gasteiger partial charge in [0.1, 0.15) is 12.7 Å². The van der Waals surface area contributed by atoms with Crippen molar-refractivity contribution in [3.05, 3.63) is 48.6 Å². The molecule has 0 unspecified atom stereocenters. The maximum atomic E-state index is 11.8. The molecule has 7 heteroatoms. The monoisotopic (exact) mass is 286 g/mol. The van der Waals surface area contributed by atoms with E-state index in [4.69, 9.17) is 5.11 Å². The van der Waals surface area contributed by atoms with Gasteiger partial charge < -0.3 is 10.4 Å². The molecular formula is C14H14N4O3. The van der Waals surface area contributed by atoms with Crippen LogP contribution in [0.25, 0.3) is 6.08 Å². The van der Waals surface area contributed by atoms with Crippen molar-refractivity contribution in [3.8, 4) is 0 Å². The molecule has 1 aromatic carbocycles. The molecule has 2 aromatic rings. The lowest BCUT2D eigenvalue weighted by atomic mass is 10.2. The first-order valence-corrected chi connectivity index (χ1v) is 6.27. The smallest absolute Gasteiger partial charge is 0.328 e. The van der Waals surface area contributed by atoms with Crippen LogP contribution in [0, 0.1) is 0 Å². The molecule has 1 aromatic heterocycles. The molecule has 21 heavy (non-hydrogen) atoms. The molecule has 0 bridgehead atoms. The first kappa shape index (κ1) is 14.4. The molecule has 2 N–H and O–H groups in total. The number of nitrogens with zero attached hydrogens (tertiary/aromatic N) is 3. The molecule has 0 aliphatic heterocycles. The molecule has 1 heterocycles. The van der Waals surface area contributed by atoms with Gasteiger partial charge >= 0.3 is 5.97 Å². The molecule has 1 amide bonds. The van der Waals surface area contributed by atoms with Crippen LogP contribution in [0.15, 0.2) is 43.0 Å². The molecule has 0 radical (unpaired) electrons. The summed E-state index contributed by atoms with van der Waals surface area (Å²) in [6, 6.07) is 6.94. The second-order valence-electron chi connectivity index (χ2n) is 4.25. The Hall–Kier alpha value is -2.96. The first-order valence-electron chi connectivity index (χ1n) is 6.27. The fraction of sp³-hybridized carbons (Fsp3) is 0.143. The number of amides is 1. The summed E-state index contributed by atoms with van der Waals surface area (Å²) in [6.45, 7) is 0.449. The molecule has 0 atom stereocenters. The lowest BCUT2D eigenvalue weighted by Crippen LogP contribution is -2.14. The minimum atomic E-state index is -1.02. The predicted octanol–water partition coefficient (Wildman–Crippen LogP) is 1.40. The van der Waals surface area contributed by atoms with Crippen LogP contribution >= 0.6 is 0 Å². The summed E-state index contributed by atoms with van der Waals surface area (Å²) in [5.74, 6) is -1.16. The zero-order chi connectivity index (χ0) is 15.1. The number of hydrogen-bond donors (Lipinski definition) is 2. The van der Waals surface area contributed by atoms with Crippen molar-refractivity contribution < 1.29 is 14.7 Å². The van der Waals surface area contributed by atoms with Gasteiger partial charge in [0.25, 0.3) is 0 Å². The molecule has 0 saturated heterocycles. The van der Waals surface area contributed by atoms with E-state index in [1.807, 2.05) is 0 Å². The number of anilines is 1. The van der Waals surface area contributed by atoms with Gasteiger partial charge in [-0.3, -0.25) is 9.48 Å². The maximum Gasteiger partial charge on any atom is 0.328 e. The molecule has 108 valence electrons. The fourth-order valence-electron chi connectivity index (χ4n) is 1.68. The van der Waals surface area contributed by atoms with Crippen molar-refractivity contribution in [3.63, 3.8) is 0 Å². The van der Waals surface area contributed by atoms with Gasteiger partial charge in [-0.2, -0.15) is 5.10 Å². The zero-order valence-electron chi connectivity index (χ0n) is 11.1. The number of aryl methyl sites for hydroxylation is 1. The van der Waals surface area contributed by atoms with Crippen LogP contribution in [0.4, 0.5) is 5.69 Å².